The normalized spacial score (nSPS) is 11.9. The highest BCUT2D eigenvalue weighted by molar-refractivity contribution is 9.10. The highest BCUT2D eigenvalue weighted by atomic mass is 79.9. The molecule has 0 N–H and O–H groups in total. The molecular formula is C17H17BrFNO2. The van der Waals surface area contributed by atoms with Gasteiger partial charge in [0.05, 0.1) is 18.7 Å². The molecule has 0 spiro atoms. The van der Waals surface area contributed by atoms with E-state index in [1.165, 1.54) is 18.2 Å². The second-order valence-electron chi connectivity index (χ2n) is 4.99. The zero-order chi connectivity index (χ0) is 16.3. The Kier molecular flexibility index (Phi) is 5.19. The van der Waals surface area contributed by atoms with E-state index in [2.05, 4.69) is 15.9 Å². The second-order valence-corrected chi connectivity index (χ2v) is 5.84. The Morgan fingerprint density at radius 1 is 1.23 bits per heavy atom. The minimum absolute atomic E-state index is 0.115. The van der Waals surface area contributed by atoms with Crippen LogP contribution >= 0.6 is 15.9 Å². The minimum Gasteiger partial charge on any atom is -0.497 e. The van der Waals surface area contributed by atoms with Gasteiger partial charge in [-0.1, -0.05) is 12.1 Å². The Labute approximate surface area is 137 Å². The predicted octanol–water partition coefficient (Wildman–Crippen LogP) is 4.43. The molecule has 3 nitrogen and oxygen atoms in total. The van der Waals surface area contributed by atoms with Crippen molar-refractivity contribution in [1.82, 2.24) is 4.90 Å². The monoisotopic (exact) mass is 365 g/mol. The Morgan fingerprint density at radius 3 is 2.41 bits per heavy atom. The van der Waals surface area contributed by atoms with E-state index < -0.39 is 0 Å². The van der Waals surface area contributed by atoms with Crippen molar-refractivity contribution in [3.05, 3.63) is 63.9 Å². The van der Waals surface area contributed by atoms with E-state index in [1.54, 1.807) is 19.1 Å². The molecular weight excluding hydrogens is 349 g/mol. The molecule has 22 heavy (non-hydrogen) atoms. The van der Waals surface area contributed by atoms with Crippen molar-refractivity contribution in [2.75, 3.05) is 14.2 Å². The van der Waals surface area contributed by atoms with Crippen molar-refractivity contribution in [2.45, 2.75) is 13.0 Å². The van der Waals surface area contributed by atoms with Crippen LogP contribution in [0.5, 0.6) is 5.75 Å². The van der Waals surface area contributed by atoms with Gasteiger partial charge in [0.1, 0.15) is 11.6 Å². The van der Waals surface area contributed by atoms with Crippen molar-refractivity contribution < 1.29 is 13.9 Å². The van der Waals surface area contributed by atoms with Crippen molar-refractivity contribution in [3.63, 3.8) is 0 Å². The first-order valence-electron chi connectivity index (χ1n) is 6.80. The molecule has 1 atom stereocenters. The van der Waals surface area contributed by atoms with Crippen molar-refractivity contribution >= 4 is 21.8 Å². The van der Waals surface area contributed by atoms with Crippen LogP contribution in [0.15, 0.2) is 46.9 Å². The number of methoxy groups -OCH3 is 1. The lowest BCUT2D eigenvalue weighted by molar-refractivity contribution is 0.0741. The molecule has 0 saturated carbocycles. The summed E-state index contributed by atoms with van der Waals surface area (Å²) in [5.41, 5.74) is 1.43. The predicted molar refractivity (Wildman–Crippen MR) is 87.6 cm³/mol. The molecule has 0 aliphatic rings. The third-order valence-electron chi connectivity index (χ3n) is 3.66. The van der Waals surface area contributed by atoms with Gasteiger partial charge >= 0.3 is 0 Å². The van der Waals surface area contributed by atoms with Crippen LogP contribution in [0.25, 0.3) is 0 Å². The lowest BCUT2D eigenvalue weighted by atomic mass is 10.1. The summed E-state index contributed by atoms with van der Waals surface area (Å²) in [7, 11) is 3.34. The quantitative estimate of drug-likeness (QED) is 0.801. The Bertz CT molecular complexity index is 673. The number of hydrogen-bond acceptors (Lipinski definition) is 2. The minimum atomic E-state index is -0.380. The van der Waals surface area contributed by atoms with Gasteiger partial charge in [0.25, 0.3) is 5.91 Å². The number of ether oxygens (including phenoxy) is 1. The van der Waals surface area contributed by atoms with Gasteiger partial charge in [0.2, 0.25) is 0 Å². The van der Waals surface area contributed by atoms with Crippen molar-refractivity contribution in [1.29, 1.82) is 0 Å². The number of halogens is 2. The molecule has 0 aromatic heterocycles. The van der Waals surface area contributed by atoms with Gasteiger partial charge in [-0.2, -0.15) is 0 Å². The molecule has 0 heterocycles. The smallest absolute Gasteiger partial charge is 0.255 e. The van der Waals surface area contributed by atoms with Gasteiger partial charge in [-0.15, -0.1) is 0 Å². The average molecular weight is 366 g/mol. The summed E-state index contributed by atoms with van der Waals surface area (Å²) in [5, 5.41) is 0. The fraction of sp³-hybridized carbons (Fsp3) is 0.235. The lowest BCUT2D eigenvalue weighted by Gasteiger charge is -2.26. The van der Waals surface area contributed by atoms with Gasteiger partial charge in [-0.25, -0.2) is 4.39 Å². The molecule has 2 aromatic carbocycles. The summed E-state index contributed by atoms with van der Waals surface area (Å²) in [6.45, 7) is 1.94. The van der Waals surface area contributed by atoms with E-state index in [4.69, 9.17) is 4.74 Å². The van der Waals surface area contributed by atoms with Crippen molar-refractivity contribution in [3.8, 4) is 5.75 Å². The van der Waals surface area contributed by atoms with Crippen LogP contribution in [0.4, 0.5) is 4.39 Å². The standard InChI is InChI=1S/C17H17BrFNO2/c1-11(12-4-7-14(22-3)8-5-12)20(2)17(21)15-9-6-13(19)10-16(15)18/h4-11H,1-3H3. The number of carbonyl (C=O) groups is 1. The van der Waals surface area contributed by atoms with Gasteiger partial charge in [-0.05, 0) is 58.7 Å². The fourth-order valence-corrected chi connectivity index (χ4v) is 2.66. The molecule has 1 amide bonds. The molecule has 116 valence electrons. The Morgan fingerprint density at radius 2 is 1.86 bits per heavy atom. The SMILES string of the molecule is COc1ccc(C(C)N(C)C(=O)c2ccc(F)cc2Br)cc1. The molecule has 0 fully saturated rings. The van der Waals surface area contributed by atoms with Crippen LogP contribution in [0, 0.1) is 5.82 Å². The average Bonchev–Trinajstić information content (AvgIpc) is 2.53. The highest BCUT2D eigenvalue weighted by Crippen LogP contribution is 2.25. The molecule has 2 rings (SSSR count). The number of hydrogen-bond donors (Lipinski definition) is 0. The molecule has 1 unspecified atom stereocenters. The summed E-state index contributed by atoms with van der Waals surface area (Å²) in [4.78, 5) is 14.2. The molecule has 0 radical (unpaired) electrons. The van der Waals surface area contributed by atoms with Crippen LogP contribution < -0.4 is 4.74 Å². The van der Waals surface area contributed by atoms with Crippen LogP contribution in [0.2, 0.25) is 0 Å². The summed E-state index contributed by atoms with van der Waals surface area (Å²) < 4.78 is 18.7. The molecule has 0 aliphatic heterocycles. The summed E-state index contributed by atoms with van der Waals surface area (Å²) in [6, 6.07) is 11.5. The largest absolute Gasteiger partial charge is 0.497 e. The van der Waals surface area contributed by atoms with E-state index in [9.17, 15) is 9.18 Å². The summed E-state index contributed by atoms with van der Waals surface area (Å²) in [6.07, 6.45) is 0. The number of carbonyl (C=O) groups excluding carboxylic acids is 1. The van der Waals surface area contributed by atoms with Gasteiger partial charge in [0.15, 0.2) is 0 Å². The lowest BCUT2D eigenvalue weighted by Crippen LogP contribution is -2.29. The Hall–Kier alpha value is -1.88. The maximum absolute atomic E-state index is 13.1. The van der Waals surface area contributed by atoms with Crippen LogP contribution in [0.1, 0.15) is 28.9 Å². The molecule has 5 heteroatoms. The van der Waals surface area contributed by atoms with E-state index in [1.807, 2.05) is 31.2 Å². The number of benzene rings is 2. The first kappa shape index (κ1) is 16.5. The van der Waals surface area contributed by atoms with E-state index in [0.29, 0.717) is 10.0 Å². The maximum Gasteiger partial charge on any atom is 0.255 e. The van der Waals surface area contributed by atoms with Crippen molar-refractivity contribution in [2.24, 2.45) is 0 Å². The first-order chi connectivity index (χ1) is 10.4. The number of rotatable bonds is 4. The first-order valence-corrected chi connectivity index (χ1v) is 7.59. The maximum atomic E-state index is 13.1. The Balaban J connectivity index is 2.21. The second kappa shape index (κ2) is 6.92. The molecule has 0 saturated heterocycles. The van der Waals surface area contributed by atoms with E-state index in [0.717, 1.165) is 11.3 Å². The zero-order valence-corrected chi connectivity index (χ0v) is 14.2. The molecule has 0 bridgehead atoms. The third-order valence-corrected chi connectivity index (χ3v) is 4.32. The van der Waals surface area contributed by atoms with Crippen LogP contribution in [-0.2, 0) is 0 Å². The number of amides is 1. The molecule has 0 aliphatic carbocycles. The van der Waals surface area contributed by atoms with Gasteiger partial charge in [0, 0.05) is 11.5 Å². The summed E-state index contributed by atoms with van der Waals surface area (Å²) >= 11 is 3.24. The zero-order valence-electron chi connectivity index (χ0n) is 12.6. The molecule has 2 aromatic rings. The third kappa shape index (κ3) is 3.47. The van der Waals surface area contributed by atoms with Crippen LogP contribution in [-0.4, -0.2) is 25.0 Å². The fourth-order valence-electron chi connectivity index (χ4n) is 2.13. The van der Waals surface area contributed by atoms with Gasteiger partial charge in [-0.3, -0.25) is 4.79 Å². The van der Waals surface area contributed by atoms with E-state index in [-0.39, 0.29) is 17.8 Å². The summed E-state index contributed by atoms with van der Waals surface area (Å²) in [5.74, 6) is 0.218. The van der Waals surface area contributed by atoms with Gasteiger partial charge < -0.3 is 9.64 Å². The van der Waals surface area contributed by atoms with Crippen LogP contribution in [0.3, 0.4) is 0 Å². The number of nitrogens with zero attached hydrogens (tertiary/aromatic N) is 1. The van der Waals surface area contributed by atoms with E-state index >= 15 is 0 Å². The topological polar surface area (TPSA) is 29.5 Å². The highest BCUT2D eigenvalue weighted by Gasteiger charge is 2.21.